The summed E-state index contributed by atoms with van der Waals surface area (Å²) >= 11 is 11.9. The second-order valence-electron chi connectivity index (χ2n) is 5.22. The van der Waals surface area contributed by atoms with E-state index < -0.39 is 0 Å². The molecule has 3 aromatic rings. The summed E-state index contributed by atoms with van der Waals surface area (Å²) in [7, 11) is 0. The van der Waals surface area contributed by atoms with Crippen LogP contribution in [0.1, 0.15) is 15.9 Å². The van der Waals surface area contributed by atoms with E-state index >= 15 is 0 Å². The maximum atomic E-state index is 12.4. The number of carbonyl (C=O) groups is 1. The number of hydrogen-bond acceptors (Lipinski definition) is 4. The fraction of sp³-hybridized carbons (Fsp3) is 0.0556. The maximum absolute atomic E-state index is 12.4. The largest absolute Gasteiger partial charge is 0.366 e. The van der Waals surface area contributed by atoms with Gasteiger partial charge in [0.25, 0.3) is 5.91 Å². The first-order chi connectivity index (χ1) is 12.1. The second-order valence-corrected chi connectivity index (χ2v) is 6.07. The van der Waals surface area contributed by atoms with Crippen molar-refractivity contribution in [1.29, 1.82) is 0 Å². The van der Waals surface area contributed by atoms with Gasteiger partial charge in [-0.05, 0) is 42.0 Å². The third-order valence-corrected chi connectivity index (χ3v) is 3.95. The number of benzene rings is 1. The highest BCUT2D eigenvalue weighted by molar-refractivity contribution is 6.36. The molecule has 3 rings (SSSR count). The van der Waals surface area contributed by atoms with Crippen molar-refractivity contribution in [3.63, 3.8) is 0 Å². The lowest BCUT2D eigenvalue weighted by Gasteiger charge is -2.09. The second kappa shape index (κ2) is 7.96. The van der Waals surface area contributed by atoms with E-state index in [0.29, 0.717) is 33.7 Å². The van der Waals surface area contributed by atoms with Gasteiger partial charge in [0.15, 0.2) is 0 Å². The lowest BCUT2D eigenvalue weighted by molar-refractivity contribution is 0.102. The molecular formula is C18H14Cl2N4O. The molecule has 7 heteroatoms. The lowest BCUT2D eigenvalue weighted by atomic mass is 10.2. The molecule has 0 aliphatic rings. The molecule has 0 aliphatic heterocycles. The van der Waals surface area contributed by atoms with Crippen molar-refractivity contribution in [3.8, 4) is 0 Å². The van der Waals surface area contributed by atoms with Gasteiger partial charge in [-0.25, -0.2) is 4.98 Å². The summed E-state index contributed by atoms with van der Waals surface area (Å²) in [5, 5.41) is 6.81. The standard InChI is InChI=1S/C18H14Cl2N4O/c19-14-3-4-16(15(20)9-14)24-18(25)13-5-7-22-17(8-13)23-11-12-2-1-6-21-10-12/h1-10H,11H2,(H,22,23)(H,24,25). The molecule has 0 atom stereocenters. The lowest BCUT2D eigenvalue weighted by Crippen LogP contribution is -2.13. The van der Waals surface area contributed by atoms with Crippen LogP contribution in [0.25, 0.3) is 0 Å². The van der Waals surface area contributed by atoms with Crippen LogP contribution in [0.4, 0.5) is 11.5 Å². The minimum atomic E-state index is -0.281. The average Bonchev–Trinajstić information content (AvgIpc) is 2.63. The SMILES string of the molecule is O=C(Nc1ccc(Cl)cc1Cl)c1ccnc(NCc2cccnc2)c1. The first-order valence-corrected chi connectivity index (χ1v) is 8.22. The number of aromatic nitrogens is 2. The van der Waals surface area contributed by atoms with Crippen LogP contribution >= 0.6 is 23.2 Å². The number of carbonyl (C=O) groups excluding carboxylic acids is 1. The number of anilines is 2. The molecule has 0 radical (unpaired) electrons. The molecule has 0 saturated carbocycles. The zero-order chi connectivity index (χ0) is 17.6. The monoisotopic (exact) mass is 372 g/mol. The molecule has 1 aromatic carbocycles. The average molecular weight is 373 g/mol. The van der Waals surface area contributed by atoms with Crippen molar-refractivity contribution in [2.24, 2.45) is 0 Å². The van der Waals surface area contributed by atoms with Crippen molar-refractivity contribution >= 4 is 40.6 Å². The van der Waals surface area contributed by atoms with Gasteiger partial charge in [0.1, 0.15) is 5.82 Å². The first kappa shape index (κ1) is 17.2. The molecule has 0 bridgehead atoms. The van der Waals surface area contributed by atoms with E-state index in [1.807, 2.05) is 12.1 Å². The Kier molecular flexibility index (Phi) is 5.48. The molecule has 0 saturated heterocycles. The Labute approximate surface area is 155 Å². The van der Waals surface area contributed by atoms with E-state index in [2.05, 4.69) is 20.6 Å². The molecule has 2 aromatic heterocycles. The molecular weight excluding hydrogens is 359 g/mol. The van der Waals surface area contributed by atoms with Crippen LogP contribution in [0.2, 0.25) is 10.0 Å². The van der Waals surface area contributed by atoms with Gasteiger partial charge >= 0.3 is 0 Å². The molecule has 0 fully saturated rings. The Morgan fingerprint density at radius 3 is 2.72 bits per heavy atom. The minimum Gasteiger partial charge on any atom is -0.366 e. The summed E-state index contributed by atoms with van der Waals surface area (Å²) in [5.74, 6) is 0.315. The number of nitrogens with one attached hydrogen (secondary N) is 2. The molecule has 0 aliphatic carbocycles. The Bertz CT molecular complexity index is 887. The first-order valence-electron chi connectivity index (χ1n) is 7.47. The summed E-state index contributed by atoms with van der Waals surface area (Å²) in [5.41, 5.74) is 1.99. The van der Waals surface area contributed by atoms with Crippen molar-refractivity contribution in [1.82, 2.24) is 9.97 Å². The number of amides is 1. The van der Waals surface area contributed by atoms with Crippen LogP contribution in [-0.4, -0.2) is 15.9 Å². The number of nitrogens with zero attached hydrogens (tertiary/aromatic N) is 2. The highest BCUT2D eigenvalue weighted by Gasteiger charge is 2.10. The molecule has 25 heavy (non-hydrogen) atoms. The number of pyridine rings is 2. The molecule has 1 amide bonds. The molecule has 0 spiro atoms. The van der Waals surface area contributed by atoms with Gasteiger partial charge in [0.05, 0.1) is 10.7 Å². The zero-order valence-electron chi connectivity index (χ0n) is 13.0. The Morgan fingerprint density at radius 2 is 1.96 bits per heavy atom. The molecule has 2 N–H and O–H groups in total. The summed E-state index contributed by atoms with van der Waals surface area (Å²) in [6.07, 6.45) is 5.06. The van der Waals surface area contributed by atoms with E-state index in [0.717, 1.165) is 5.56 Å². The van der Waals surface area contributed by atoms with Crippen LogP contribution in [0, 0.1) is 0 Å². The smallest absolute Gasteiger partial charge is 0.255 e. The summed E-state index contributed by atoms with van der Waals surface area (Å²) in [6, 6.07) is 12.0. The number of rotatable bonds is 5. The number of halogens is 2. The van der Waals surface area contributed by atoms with Crippen molar-refractivity contribution < 1.29 is 4.79 Å². The van der Waals surface area contributed by atoms with E-state index in [1.165, 1.54) is 0 Å². The van der Waals surface area contributed by atoms with Crippen LogP contribution in [0.15, 0.2) is 61.1 Å². The van der Waals surface area contributed by atoms with E-state index in [9.17, 15) is 4.79 Å². The summed E-state index contributed by atoms with van der Waals surface area (Å²) < 4.78 is 0. The number of hydrogen-bond donors (Lipinski definition) is 2. The predicted molar refractivity (Wildman–Crippen MR) is 100 cm³/mol. The maximum Gasteiger partial charge on any atom is 0.255 e. The van der Waals surface area contributed by atoms with E-state index in [1.54, 1.807) is 48.9 Å². The molecule has 126 valence electrons. The van der Waals surface area contributed by atoms with E-state index in [-0.39, 0.29) is 5.91 Å². The van der Waals surface area contributed by atoms with Crippen LogP contribution in [0.5, 0.6) is 0 Å². The van der Waals surface area contributed by atoms with Gasteiger partial charge in [-0.3, -0.25) is 9.78 Å². The van der Waals surface area contributed by atoms with Gasteiger partial charge in [-0.1, -0.05) is 29.3 Å². The van der Waals surface area contributed by atoms with Crippen molar-refractivity contribution in [2.45, 2.75) is 6.54 Å². The predicted octanol–water partition coefficient (Wildman–Crippen LogP) is 4.65. The minimum absolute atomic E-state index is 0.281. The normalized spacial score (nSPS) is 10.3. The van der Waals surface area contributed by atoms with Crippen LogP contribution < -0.4 is 10.6 Å². The summed E-state index contributed by atoms with van der Waals surface area (Å²) in [6.45, 7) is 0.564. The Hall–Kier alpha value is -2.63. The van der Waals surface area contributed by atoms with Gasteiger partial charge in [0, 0.05) is 35.7 Å². The Morgan fingerprint density at radius 1 is 1.08 bits per heavy atom. The Balaban J connectivity index is 1.69. The molecule has 0 unspecified atom stereocenters. The van der Waals surface area contributed by atoms with Crippen molar-refractivity contribution in [2.75, 3.05) is 10.6 Å². The molecule has 5 nitrogen and oxygen atoms in total. The quantitative estimate of drug-likeness (QED) is 0.683. The van der Waals surface area contributed by atoms with Crippen molar-refractivity contribution in [3.05, 3.63) is 82.2 Å². The van der Waals surface area contributed by atoms with Crippen LogP contribution in [0.3, 0.4) is 0 Å². The fourth-order valence-electron chi connectivity index (χ4n) is 2.15. The molecule has 2 heterocycles. The van der Waals surface area contributed by atoms with Gasteiger partial charge < -0.3 is 10.6 Å². The highest BCUT2D eigenvalue weighted by atomic mass is 35.5. The fourth-order valence-corrected chi connectivity index (χ4v) is 2.60. The zero-order valence-corrected chi connectivity index (χ0v) is 14.6. The highest BCUT2D eigenvalue weighted by Crippen LogP contribution is 2.25. The van der Waals surface area contributed by atoms with E-state index in [4.69, 9.17) is 23.2 Å². The third kappa shape index (κ3) is 4.68. The topological polar surface area (TPSA) is 66.9 Å². The summed E-state index contributed by atoms with van der Waals surface area (Å²) in [4.78, 5) is 20.7. The van der Waals surface area contributed by atoms with Gasteiger partial charge in [-0.2, -0.15) is 0 Å². The third-order valence-electron chi connectivity index (χ3n) is 3.40. The van der Waals surface area contributed by atoms with Crippen LogP contribution in [-0.2, 0) is 6.54 Å². The van der Waals surface area contributed by atoms with Gasteiger partial charge in [0.2, 0.25) is 0 Å². The van der Waals surface area contributed by atoms with Gasteiger partial charge in [-0.15, -0.1) is 0 Å².